The zero-order valence-electron chi connectivity index (χ0n) is 19.7. The number of carbonyl (C=O) groups is 2. The molecular weight excluding hydrogens is 490 g/mol. The van der Waals surface area contributed by atoms with Crippen molar-refractivity contribution < 1.29 is 28.8 Å². The number of ether oxygens (including phenoxy) is 1. The Labute approximate surface area is 214 Å². The Morgan fingerprint density at radius 2 is 1.79 bits per heavy atom. The molecule has 0 fully saturated rings. The third-order valence-corrected chi connectivity index (χ3v) is 5.82. The minimum absolute atomic E-state index is 0.0446. The van der Waals surface area contributed by atoms with Crippen LogP contribution >= 0.6 is 0 Å². The van der Waals surface area contributed by atoms with Gasteiger partial charge in [-0.05, 0) is 46.7 Å². The topological polar surface area (TPSA) is 144 Å². The van der Waals surface area contributed by atoms with E-state index in [0.717, 1.165) is 16.3 Å². The number of aromatic carboxylic acids is 1. The van der Waals surface area contributed by atoms with Gasteiger partial charge in [0.05, 0.1) is 16.7 Å². The molecule has 0 aliphatic heterocycles. The second-order valence-corrected chi connectivity index (χ2v) is 8.28. The summed E-state index contributed by atoms with van der Waals surface area (Å²) in [5.74, 6) is -1.16. The molecule has 2 N–H and O–H groups in total. The van der Waals surface area contributed by atoms with Gasteiger partial charge < -0.3 is 14.3 Å². The van der Waals surface area contributed by atoms with Crippen LogP contribution in [0.25, 0.3) is 21.7 Å². The average Bonchev–Trinajstić information content (AvgIpc) is 3.36. The van der Waals surface area contributed by atoms with E-state index in [2.05, 4.69) is 10.5 Å². The van der Waals surface area contributed by atoms with Crippen molar-refractivity contribution in [2.24, 2.45) is 5.10 Å². The highest BCUT2D eigenvalue weighted by Crippen LogP contribution is 2.28. The molecule has 0 bridgehead atoms. The zero-order valence-corrected chi connectivity index (χ0v) is 19.7. The number of nitrogens with one attached hydrogen (secondary N) is 1. The van der Waals surface area contributed by atoms with Crippen LogP contribution in [0.5, 0.6) is 5.75 Å². The van der Waals surface area contributed by atoms with Crippen LogP contribution < -0.4 is 10.2 Å². The van der Waals surface area contributed by atoms with Crippen molar-refractivity contribution in [1.29, 1.82) is 0 Å². The van der Waals surface area contributed by atoms with Crippen molar-refractivity contribution in [1.82, 2.24) is 5.43 Å². The average molecular weight is 509 g/mol. The van der Waals surface area contributed by atoms with Gasteiger partial charge in [-0.1, -0.05) is 42.5 Å². The minimum atomic E-state index is -1.00. The van der Waals surface area contributed by atoms with E-state index in [1.165, 1.54) is 42.6 Å². The number of carboxylic acids is 1. The largest absolute Gasteiger partial charge is 0.488 e. The summed E-state index contributed by atoms with van der Waals surface area (Å²) >= 11 is 0. The van der Waals surface area contributed by atoms with Crippen molar-refractivity contribution in [2.75, 3.05) is 0 Å². The smallest absolute Gasteiger partial charge is 0.335 e. The molecule has 4 aromatic carbocycles. The van der Waals surface area contributed by atoms with Gasteiger partial charge in [0.25, 0.3) is 5.69 Å². The predicted molar refractivity (Wildman–Crippen MR) is 140 cm³/mol. The highest BCUT2D eigenvalue weighted by atomic mass is 16.6. The maximum atomic E-state index is 12.6. The Balaban J connectivity index is 1.36. The van der Waals surface area contributed by atoms with Crippen LogP contribution in [0.3, 0.4) is 0 Å². The first-order valence-corrected chi connectivity index (χ1v) is 11.4. The van der Waals surface area contributed by atoms with Crippen molar-refractivity contribution in [3.05, 3.63) is 117 Å². The molecule has 0 unspecified atom stereocenters. The molecule has 0 radical (unpaired) electrons. The SMILES string of the molecule is O=C(O)c1ccc(COc2ccc3ccccc3c2/C=N/NC(=O)c2cc3cc([N+](=O)[O-])ccc3o2)cc1. The van der Waals surface area contributed by atoms with Crippen LogP contribution in [-0.2, 0) is 6.61 Å². The molecule has 10 heteroatoms. The molecule has 10 nitrogen and oxygen atoms in total. The van der Waals surface area contributed by atoms with Gasteiger partial charge in [-0.25, -0.2) is 10.2 Å². The molecule has 0 aliphatic rings. The van der Waals surface area contributed by atoms with Crippen molar-refractivity contribution in [2.45, 2.75) is 6.61 Å². The lowest BCUT2D eigenvalue weighted by molar-refractivity contribution is -0.384. The van der Waals surface area contributed by atoms with Crippen LogP contribution in [0.2, 0.25) is 0 Å². The normalized spacial score (nSPS) is 11.2. The van der Waals surface area contributed by atoms with Crippen molar-refractivity contribution in [3.8, 4) is 5.75 Å². The van der Waals surface area contributed by atoms with Crippen molar-refractivity contribution in [3.63, 3.8) is 0 Å². The Kier molecular flexibility index (Phi) is 6.51. The lowest BCUT2D eigenvalue weighted by Gasteiger charge is -2.12. The summed E-state index contributed by atoms with van der Waals surface area (Å²) < 4.78 is 11.5. The fourth-order valence-corrected chi connectivity index (χ4v) is 3.91. The van der Waals surface area contributed by atoms with E-state index in [-0.39, 0.29) is 23.6 Å². The molecular formula is C28H19N3O7. The Hall–Kier alpha value is -5.51. The number of hydrazone groups is 1. The molecule has 5 aromatic rings. The van der Waals surface area contributed by atoms with E-state index in [4.69, 9.17) is 14.3 Å². The summed E-state index contributed by atoms with van der Waals surface area (Å²) in [6.45, 7) is 0.191. The van der Waals surface area contributed by atoms with Gasteiger partial charge in [-0.3, -0.25) is 14.9 Å². The zero-order chi connectivity index (χ0) is 26.6. The lowest BCUT2D eigenvalue weighted by atomic mass is 10.0. The number of fused-ring (bicyclic) bond motifs is 2. The maximum absolute atomic E-state index is 12.6. The van der Waals surface area contributed by atoms with Crippen LogP contribution in [0.1, 0.15) is 32.0 Å². The number of hydrogen-bond donors (Lipinski definition) is 2. The number of nitro benzene ring substituents is 1. The van der Waals surface area contributed by atoms with Crippen LogP contribution in [-0.4, -0.2) is 28.1 Å². The first-order chi connectivity index (χ1) is 18.4. The van der Waals surface area contributed by atoms with Gasteiger partial charge in [0.1, 0.15) is 17.9 Å². The summed E-state index contributed by atoms with van der Waals surface area (Å²) in [4.78, 5) is 34.2. The number of furan rings is 1. The highest BCUT2D eigenvalue weighted by Gasteiger charge is 2.15. The Morgan fingerprint density at radius 3 is 2.55 bits per heavy atom. The molecule has 1 amide bonds. The summed E-state index contributed by atoms with van der Waals surface area (Å²) in [6.07, 6.45) is 1.47. The number of nitrogens with zero attached hydrogens (tertiary/aromatic N) is 2. The molecule has 1 heterocycles. The van der Waals surface area contributed by atoms with Gasteiger partial charge in [0.15, 0.2) is 5.76 Å². The maximum Gasteiger partial charge on any atom is 0.335 e. The third-order valence-electron chi connectivity index (χ3n) is 5.82. The van der Waals surface area contributed by atoms with Gasteiger partial charge in [-0.15, -0.1) is 0 Å². The molecule has 38 heavy (non-hydrogen) atoms. The summed E-state index contributed by atoms with van der Waals surface area (Å²) in [5, 5.41) is 26.4. The summed E-state index contributed by atoms with van der Waals surface area (Å²) in [6, 6.07) is 23.2. The van der Waals surface area contributed by atoms with E-state index in [1.54, 1.807) is 18.2 Å². The number of carboxylic acid groups (broad SMARTS) is 1. The fourth-order valence-electron chi connectivity index (χ4n) is 3.91. The molecule has 0 saturated carbocycles. The van der Waals surface area contributed by atoms with Gasteiger partial charge in [0, 0.05) is 23.1 Å². The number of hydrogen-bond acceptors (Lipinski definition) is 7. The van der Waals surface area contributed by atoms with Gasteiger partial charge >= 0.3 is 11.9 Å². The van der Waals surface area contributed by atoms with Crippen molar-refractivity contribution >= 4 is 45.5 Å². The predicted octanol–water partition coefficient (Wildman–Crippen LogP) is 5.54. The number of nitro groups is 1. The quantitative estimate of drug-likeness (QED) is 0.159. The first kappa shape index (κ1) is 24.2. The Bertz CT molecular complexity index is 1720. The molecule has 188 valence electrons. The molecule has 0 saturated heterocycles. The third kappa shape index (κ3) is 5.05. The number of benzene rings is 4. The molecule has 0 atom stereocenters. The highest BCUT2D eigenvalue weighted by molar-refractivity contribution is 6.03. The lowest BCUT2D eigenvalue weighted by Crippen LogP contribution is -2.16. The van der Waals surface area contributed by atoms with Crippen LogP contribution in [0.4, 0.5) is 5.69 Å². The first-order valence-electron chi connectivity index (χ1n) is 11.4. The number of non-ortho nitro benzene ring substituents is 1. The Morgan fingerprint density at radius 1 is 1.00 bits per heavy atom. The van der Waals surface area contributed by atoms with Gasteiger partial charge in [-0.2, -0.15) is 5.10 Å². The number of amides is 1. The van der Waals surface area contributed by atoms with Gasteiger partial charge in [0.2, 0.25) is 0 Å². The summed E-state index contributed by atoms with van der Waals surface area (Å²) in [7, 11) is 0. The summed E-state index contributed by atoms with van der Waals surface area (Å²) in [5.41, 5.74) is 4.25. The molecule has 0 spiro atoms. The fraction of sp³-hybridized carbons (Fsp3) is 0.0357. The second-order valence-electron chi connectivity index (χ2n) is 8.28. The van der Waals surface area contributed by atoms with E-state index in [1.807, 2.05) is 30.3 Å². The molecule has 1 aromatic heterocycles. The van der Waals surface area contributed by atoms with E-state index >= 15 is 0 Å². The molecule has 0 aliphatic carbocycles. The number of carbonyl (C=O) groups excluding carboxylic acids is 1. The second kappa shape index (κ2) is 10.2. The van der Waals surface area contributed by atoms with E-state index < -0.39 is 16.8 Å². The minimum Gasteiger partial charge on any atom is -0.488 e. The monoisotopic (exact) mass is 509 g/mol. The van der Waals surface area contributed by atoms with E-state index in [0.29, 0.717) is 22.3 Å². The standard InChI is InChI=1S/C28H19N3O7/c32-27(26-14-20-13-21(31(35)36)10-12-24(20)38-26)30-29-15-23-22-4-2-1-3-18(22)9-11-25(23)37-16-17-5-7-19(8-6-17)28(33)34/h1-15H,16H2,(H,30,32)(H,33,34)/b29-15+. The molecule has 5 rings (SSSR count). The van der Waals surface area contributed by atoms with Crippen LogP contribution in [0, 0.1) is 10.1 Å². The number of rotatable bonds is 8. The van der Waals surface area contributed by atoms with E-state index in [9.17, 15) is 19.7 Å². The van der Waals surface area contributed by atoms with Crippen LogP contribution in [0.15, 0.2) is 94.4 Å².